The third-order valence-corrected chi connectivity index (χ3v) is 8.72. The van der Waals surface area contributed by atoms with E-state index >= 15 is 0 Å². The molecule has 0 saturated carbocycles. The summed E-state index contributed by atoms with van der Waals surface area (Å²) in [6.07, 6.45) is 4.05. The summed E-state index contributed by atoms with van der Waals surface area (Å²) in [4.78, 5) is 10.4. The maximum atomic E-state index is 6.78. The zero-order chi connectivity index (χ0) is 29.5. The molecule has 0 unspecified atom stereocenters. The first-order valence-corrected chi connectivity index (χ1v) is 15.1. The molecule has 212 valence electrons. The summed E-state index contributed by atoms with van der Waals surface area (Å²) in [6.45, 7) is 22.9. The molecular formula is C38H44N2O. The van der Waals surface area contributed by atoms with Gasteiger partial charge < -0.3 is 4.42 Å². The van der Waals surface area contributed by atoms with Gasteiger partial charge in [0.1, 0.15) is 5.58 Å². The van der Waals surface area contributed by atoms with E-state index in [2.05, 4.69) is 118 Å². The van der Waals surface area contributed by atoms with Crippen LogP contribution in [-0.4, -0.2) is 9.97 Å². The van der Waals surface area contributed by atoms with Gasteiger partial charge in [-0.15, -0.1) is 0 Å². The molecular weight excluding hydrogens is 500 g/mol. The molecule has 0 amide bonds. The number of hydrogen-bond donors (Lipinski definition) is 0. The van der Waals surface area contributed by atoms with Crippen LogP contribution in [0.5, 0.6) is 0 Å². The van der Waals surface area contributed by atoms with Crippen LogP contribution in [0.4, 0.5) is 0 Å². The molecule has 0 N–H and O–H groups in total. The van der Waals surface area contributed by atoms with Crippen molar-refractivity contribution in [3.63, 3.8) is 0 Å². The van der Waals surface area contributed by atoms with E-state index in [1.807, 2.05) is 6.20 Å². The Morgan fingerprint density at radius 3 is 2.15 bits per heavy atom. The van der Waals surface area contributed by atoms with Crippen molar-refractivity contribution >= 4 is 22.1 Å². The number of rotatable bonds is 4. The van der Waals surface area contributed by atoms with E-state index in [4.69, 9.17) is 14.4 Å². The summed E-state index contributed by atoms with van der Waals surface area (Å²) in [5, 5.41) is 2.18. The SMILES string of the molecule is Cc1cnc(-c2c(C)ccc3c2oc2nc4c(cc23)-c2ccccc2C4(CC(C)(C)C)CC(C)(C)C)cc1C(C)C. The first kappa shape index (κ1) is 27.7. The lowest BCUT2D eigenvalue weighted by Gasteiger charge is -2.41. The maximum Gasteiger partial charge on any atom is 0.227 e. The number of benzene rings is 2. The van der Waals surface area contributed by atoms with Crippen LogP contribution in [0.15, 0.2) is 59.1 Å². The molecule has 0 spiro atoms. The van der Waals surface area contributed by atoms with Crippen molar-refractivity contribution in [2.75, 3.05) is 0 Å². The van der Waals surface area contributed by atoms with Gasteiger partial charge in [-0.05, 0) is 83.4 Å². The summed E-state index contributed by atoms with van der Waals surface area (Å²) in [6, 6.07) is 18.0. The third kappa shape index (κ3) is 4.58. The Bertz CT molecular complexity index is 1790. The molecule has 2 aromatic carbocycles. The van der Waals surface area contributed by atoms with Gasteiger partial charge in [-0.25, -0.2) is 4.98 Å². The van der Waals surface area contributed by atoms with Crippen molar-refractivity contribution < 1.29 is 4.42 Å². The standard InChI is InChI=1S/C38H44N2O/c1-22(2)27-18-31(39-19-24(27)4)32-23(3)15-16-26-29-17-28-25-13-11-12-14-30(25)38(20-36(5,6)7,21-37(8,9)10)34(28)40-35(29)41-33(26)32/h11-19,22H,20-21H2,1-10H3. The molecule has 0 fully saturated rings. The quantitative estimate of drug-likeness (QED) is 0.226. The van der Waals surface area contributed by atoms with Crippen molar-refractivity contribution in [2.45, 2.75) is 93.4 Å². The van der Waals surface area contributed by atoms with Gasteiger partial charge in [-0.3, -0.25) is 4.98 Å². The van der Waals surface area contributed by atoms with E-state index in [1.54, 1.807) is 0 Å². The minimum absolute atomic E-state index is 0.125. The van der Waals surface area contributed by atoms with Gasteiger partial charge in [-0.1, -0.05) is 91.8 Å². The van der Waals surface area contributed by atoms with Crippen LogP contribution in [0.1, 0.15) is 102 Å². The molecule has 0 bridgehead atoms. The number of aromatic nitrogens is 2. The fourth-order valence-electron chi connectivity index (χ4n) is 7.54. The van der Waals surface area contributed by atoms with E-state index < -0.39 is 0 Å². The van der Waals surface area contributed by atoms with Crippen LogP contribution in [0, 0.1) is 24.7 Å². The van der Waals surface area contributed by atoms with Gasteiger partial charge >= 0.3 is 0 Å². The van der Waals surface area contributed by atoms with Crippen molar-refractivity contribution in [2.24, 2.45) is 10.8 Å². The smallest absolute Gasteiger partial charge is 0.227 e. The number of pyridine rings is 2. The number of fused-ring (bicyclic) bond motifs is 6. The van der Waals surface area contributed by atoms with Crippen molar-refractivity contribution in [1.29, 1.82) is 0 Å². The molecule has 6 rings (SSSR count). The van der Waals surface area contributed by atoms with Crippen LogP contribution in [-0.2, 0) is 5.41 Å². The fourth-order valence-corrected chi connectivity index (χ4v) is 7.54. The number of aryl methyl sites for hydroxylation is 2. The molecule has 3 nitrogen and oxygen atoms in total. The second-order valence-corrected chi connectivity index (χ2v) is 15.2. The topological polar surface area (TPSA) is 38.9 Å². The highest BCUT2D eigenvalue weighted by Crippen LogP contribution is 2.58. The molecule has 3 heteroatoms. The second-order valence-electron chi connectivity index (χ2n) is 15.2. The molecule has 41 heavy (non-hydrogen) atoms. The zero-order valence-electron chi connectivity index (χ0n) is 26.5. The summed E-state index contributed by atoms with van der Waals surface area (Å²) < 4.78 is 6.78. The van der Waals surface area contributed by atoms with E-state index in [-0.39, 0.29) is 16.2 Å². The molecule has 0 saturated heterocycles. The second kappa shape index (κ2) is 9.28. The van der Waals surface area contributed by atoms with Crippen molar-refractivity contribution in [3.05, 3.63) is 82.7 Å². The molecule has 3 heterocycles. The van der Waals surface area contributed by atoms with Gasteiger partial charge in [0.15, 0.2) is 0 Å². The minimum atomic E-state index is -0.182. The van der Waals surface area contributed by atoms with Gasteiger partial charge in [-0.2, -0.15) is 0 Å². The highest BCUT2D eigenvalue weighted by atomic mass is 16.3. The highest BCUT2D eigenvalue weighted by Gasteiger charge is 2.49. The van der Waals surface area contributed by atoms with E-state index in [9.17, 15) is 0 Å². The number of nitrogens with zero attached hydrogens (tertiary/aromatic N) is 2. The Hall–Kier alpha value is -3.46. The monoisotopic (exact) mass is 544 g/mol. The Morgan fingerprint density at radius 2 is 1.49 bits per heavy atom. The molecule has 3 aromatic heterocycles. The molecule has 0 aliphatic heterocycles. The average Bonchev–Trinajstić information content (AvgIpc) is 3.34. The van der Waals surface area contributed by atoms with E-state index in [0.717, 1.165) is 51.7 Å². The van der Waals surface area contributed by atoms with Crippen LogP contribution in [0.25, 0.3) is 44.5 Å². The summed E-state index contributed by atoms with van der Waals surface area (Å²) in [7, 11) is 0. The minimum Gasteiger partial charge on any atom is -0.437 e. The predicted octanol–water partition coefficient (Wildman–Crippen LogP) is 10.9. The molecule has 5 aromatic rings. The number of furan rings is 1. The lowest BCUT2D eigenvalue weighted by molar-refractivity contribution is 0.211. The normalized spacial score (nSPS) is 14.7. The first-order valence-electron chi connectivity index (χ1n) is 15.1. The summed E-state index contributed by atoms with van der Waals surface area (Å²) in [5.74, 6) is 0.426. The molecule has 0 radical (unpaired) electrons. The lowest BCUT2D eigenvalue weighted by atomic mass is 9.63. The van der Waals surface area contributed by atoms with Gasteiger partial charge in [0.25, 0.3) is 0 Å². The van der Waals surface area contributed by atoms with Crippen molar-refractivity contribution in [3.8, 4) is 22.4 Å². The highest BCUT2D eigenvalue weighted by molar-refractivity contribution is 6.10. The average molecular weight is 545 g/mol. The van der Waals surface area contributed by atoms with E-state index in [1.165, 1.54) is 33.5 Å². The van der Waals surface area contributed by atoms with Crippen LogP contribution in [0.3, 0.4) is 0 Å². The maximum absolute atomic E-state index is 6.78. The number of hydrogen-bond acceptors (Lipinski definition) is 3. The molecule has 1 aliphatic rings. The Balaban J connectivity index is 1.66. The molecule has 0 atom stereocenters. The Morgan fingerprint density at radius 1 is 0.805 bits per heavy atom. The van der Waals surface area contributed by atoms with Crippen molar-refractivity contribution in [1.82, 2.24) is 9.97 Å². The lowest BCUT2D eigenvalue weighted by Crippen LogP contribution is -2.35. The van der Waals surface area contributed by atoms with Gasteiger partial charge in [0.2, 0.25) is 5.71 Å². The largest absolute Gasteiger partial charge is 0.437 e. The van der Waals surface area contributed by atoms with Gasteiger partial charge in [0.05, 0.1) is 11.4 Å². The summed E-state index contributed by atoms with van der Waals surface area (Å²) >= 11 is 0. The zero-order valence-corrected chi connectivity index (χ0v) is 26.5. The third-order valence-electron chi connectivity index (χ3n) is 8.72. The van der Waals surface area contributed by atoms with Gasteiger partial charge in [0, 0.05) is 33.5 Å². The Kier molecular flexibility index (Phi) is 6.27. The van der Waals surface area contributed by atoms with Crippen LogP contribution < -0.4 is 0 Å². The predicted molar refractivity (Wildman–Crippen MR) is 173 cm³/mol. The van der Waals surface area contributed by atoms with Crippen LogP contribution >= 0.6 is 0 Å². The van der Waals surface area contributed by atoms with E-state index in [0.29, 0.717) is 5.92 Å². The first-order chi connectivity index (χ1) is 19.2. The summed E-state index contributed by atoms with van der Waals surface area (Å²) in [5.41, 5.74) is 12.6. The molecule has 1 aliphatic carbocycles. The van der Waals surface area contributed by atoms with Crippen LogP contribution in [0.2, 0.25) is 0 Å². The Labute approximate surface area is 245 Å². The fraction of sp³-hybridized carbons (Fsp3) is 0.421.